The zero-order chi connectivity index (χ0) is 17.2. The van der Waals surface area contributed by atoms with Gasteiger partial charge in [0, 0.05) is 30.4 Å². The van der Waals surface area contributed by atoms with Crippen molar-refractivity contribution in [1.82, 2.24) is 0 Å². The number of carbonyl (C=O) groups excluding carboxylic acids is 1. The van der Waals surface area contributed by atoms with E-state index in [9.17, 15) is 13.6 Å². The Morgan fingerprint density at radius 3 is 2.67 bits per heavy atom. The molecule has 0 unspecified atom stereocenters. The summed E-state index contributed by atoms with van der Waals surface area (Å²) in [5.41, 5.74) is 2.43. The molecular weight excluding hydrogens is 318 g/mol. The van der Waals surface area contributed by atoms with Gasteiger partial charge in [0.05, 0.1) is 0 Å². The number of anilines is 2. The van der Waals surface area contributed by atoms with Crippen molar-refractivity contribution < 1.29 is 23.0 Å². The number of benzene rings is 2. The number of ether oxygens (including phenoxy) is 2. The molecule has 0 aliphatic carbocycles. The summed E-state index contributed by atoms with van der Waals surface area (Å²) in [4.78, 5) is 11.9. The van der Waals surface area contributed by atoms with Crippen LogP contribution in [-0.4, -0.2) is 18.7 Å². The van der Waals surface area contributed by atoms with Crippen LogP contribution in [0.3, 0.4) is 0 Å². The van der Waals surface area contributed by atoms with Crippen molar-refractivity contribution in [3.63, 3.8) is 0 Å². The summed E-state index contributed by atoms with van der Waals surface area (Å²) in [6.45, 7) is 2.43. The molecule has 126 valence electrons. The monoisotopic (exact) mass is 334 g/mol. The van der Waals surface area contributed by atoms with Crippen LogP contribution >= 0.6 is 0 Å². The first-order valence-electron chi connectivity index (χ1n) is 7.42. The standard InChI is InChI=1S/C17H16F2N2O3/c1-11-4-2-3-5-13(11)20-9-8-16(22)21-12-6-7-14-15(10-12)24-17(18,19)23-14/h2-7,10,20H,8-9H2,1H3,(H,21,22). The van der Waals surface area contributed by atoms with E-state index in [-0.39, 0.29) is 23.8 Å². The third kappa shape index (κ3) is 3.73. The van der Waals surface area contributed by atoms with E-state index in [4.69, 9.17) is 0 Å². The number of aryl methyl sites for hydroxylation is 1. The molecule has 7 heteroatoms. The molecular formula is C17H16F2N2O3. The molecule has 0 spiro atoms. The van der Waals surface area contributed by atoms with Gasteiger partial charge in [0.1, 0.15) is 0 Å². The van der Waals surface area contributed by atoms with Crippen LogP contribution in [0.2, 0.25) is 0 Å². The molecule has 2 aromatic carbocycles. The van der Waals surface area contributed by atoms with Crippen molar-refractivity contribution in [2.45, 2.75) is 19.6 Å². The van der Waals surface area contributed by atoms with E-state index < -0.39 is 6.29 Å². The average Bonchev–Trinajstić information content (AvgIpc) is 2.82. The summed E-state index contributed by atoms with van der Waals surface area (Å²) in [5, 5.41) is 5.82. The second-order valence-corrected chi connectivity index (χ2v) is 5.37. The lowest BCUT2D eigenvalue weighted by Crippen LogP contribution is -2.25. The van der Waals surface area contributed by atoms with Gasteiger partial charge in [0.25, 0.3) is 0 Å². The van der Waals surface area contributed by atoms with Gasteiger partial charge in [-0.2, -0.15) is 0 Å². The maximum absolute atomic E-state index is 13.0. The molecule has 1 amide bonds. The Balaban J connectivity index is 1.52. The average molecular weight is 334 g/mol. The van der Waals surface area contributed by atoms with E-state index in [0.29, 0.717) is 12.2 Å². The minimum absolute atomic E-state index is 0.0563. The highest BCUT2D eigenvalue weighted by Gasteiger charge is 2.43. The quantitative estimate of drug-likeness (QED) is 0.874. The van der Waals surface area contributed by atoms with Crippen molar-refractivity contribution in [2.75, 3.05) is 17.2 Å². The SMILES string of the molecule is Cc1ccccc1NCCC(=O)Nc1ccc2c(c1)OC(F)(F)O2. The van der Waals surface area contributed by atoms with Gasteiger partial charge in [-0.05, 0) is 30.7 Å². The number of nitrogens with one attached hydrogen (secondary N) is 2. The van der Waals surface area contributed by atoms with Gasteiger partial charge in [-0.25, -0.2) is 0 Å². The summed E-state index contributed by atoms with van der Waals surface area (Å²) >= 11 is 0. The van der Waals surface area contributed by atoms with Crippen molar-refractivity contribution >= 4 is 17.3 Å². The maximum atomic E-state index is 13.0. The van der Waals surface area contributed by atoms with E-state index in [2.05, 4.69) is 20.1 Å². The third-order valence-electron chi connectivity index (χ3n) is 3.50. The molecule has 0 fully saturated rings. The summed E-state index contributed by atoms with van der Waals surface area (Å²) in [5.74, 6) is -0.392. The van der Waals surface area contributed by atoms with Crippen molar-refractivity contribution in [3.8, 4) is 11.5 Å². The molecule has 0 aromatic heterocycles. The fraction of sp³-hybridized carbons (Fsp3) is 0.235. The van der Waals surface area contributed by atoms with Crippen molar-refractivity contribution in [3.05, 3.63) is 48.0 Å². The number of carbonyl (C=O) groups is 1. The summed E-state index contributed by atoms with van der Waals surface area (Å²) < 4.78 is 34.6. The number of hydrogen-bond acceptors (Lipinski definition) is 4. The van der Waals surface area contributed by atoms with E-state index in [1.54, 1.807) is 0 Å². The van der Waals surface area contributed by atoms with Crippen LogP contribution in [0.15, 0.2) is 42.5 Å². The van der Waals surface area contributed by atoms with Crippen LogP contribution in [0.5, 0.6) is 11.5 Å². The first kappa shape index (κ1) is 16.0. The molecule has 1 aliphatic rings. The Kier molecular flexibility index (Phi) is 4.24. The van der Waals surface area contributed by atoms with Crippen LogP contribution in [-0.2, 0) is 4.79 Å². The van der Waals surface area contributed by atoms with Crippen LogP contribution in [0.4, 0.5) is 20.2 Å². The Hall–Kier alpha value is -2.83. The van der Waals surface area contributed by atoms with Gasteiger partial charge in [0.2, 0.25) is 5.91 Å². The summed E-state index contributed by atoms with van der Waals surface area (Å²) in [6, 6.07) is 11.9. The van der Waals surface area contributed by atoms with Gasteiger partial charge < -0.3 is 20.1 Å². The highest BCUT2D eigenvalue weighted by Crippen LogP contribution is 2.42. The molecule has 0 saturated carbocycles. The summed E-state index contributed by atoms with van der Waals surface area (Å²) in [6.07, 6.45) is -3.43. The molecule has 2 N–H and O–H groups in total. The second kappa shape index (κ2) is 6.35. The predicted molar refractivity (Wildman–Crippen MR) is 85.6 cm³/mol. The maximum Gasteiger partial charge on any atom is 0.586 e. The number of para-hydroxylation sites is 1. The number of halogens is 2. The van der Waals surface area contributed by atoms with E-state index in [0.717, 1.165) is 11.3 Å². The Bertz CT molecular complexity index is 765. The molecule has 5 nitrogen and oxygen atoms in total. The van der Waals surface area contributed by atoms with Crippen molar-refractivity contribution in [2.24, 2.45) is 0 Å². The number of alkyl halides is 2. The fourth-order valence-electron chi connectivity index (χ4n) is 2.33. The minimum Gasteiger partial charge on any atom is -0.395 e. The number of fused-ring (bicyclic) bond motifs is 1. The van der Waals surface area contributed by atoms with Crippen LogP contribution in [0.25, 0.3) is 0 Å². The molecule has 1 aliphatic heterocycles. The normalized spacial score (nSPS) is 14.3. The number of rotatable bonds is 5. The largest absolute Gasteiger partial charge is 0.586 e. The molecule has 24 heavy (non-hydrogen) atoms. The lowest BCUT2D eigenvalue weighted by atomic mass is 10.2. The third-order valence-corrected chi connectivity index (χ3v) is 3.50. The Labute approximate surface area is 137 Å². The highest BCUT2D eigenvalue weighted by atomic mass is 19.3. The van der Waals surface area contributed by atoms with Gasteiger partial charge in [0.15, 0.2) is 11.5 Å². The number of hydrogen-bond donors (Lipinski definition) is 2. The Morgan fingerprint density at radius 1 is 1.12 bits per heavy atom. The lowest BCUT2D eigenvalue weighted by molar-refractivity contribution is -0.286. The topological polar surface area (TPSA) is 59.6 Å². The van der Waals surface area contributed by atoms with Gasteiger partial charge >= 0.3 is 6.29 Å². The first-order chi connectivity index (χ1) is 11.4. The smallest absolute Gasteiger partial charge is 0.395 e. The zero-order valence-electron chi connectivity index (χ0n) is 12.9. The number of amides is 1. The minimum atomic E-state index is -3.66. The first-order valence-corrected chi connectivity index (χ1v) is 7.42. The van der Waals surface area contributed by atoms with Gasteiger partial charge in [-0.3, -0.25) is 4.79 Å². The molecule has 1 heterocycles. The summed E-state index contributed by atoms with van der Waals surface area (Å²) in [7, 11) is 0. The van der Waals surface area contributed by atoms with Crippen LogP contribution in [0, 0.1) is 6.92 Å². The fourth-order valence-corrected chi connectivity index (χ4v) is 2.33. The molecule has 3 rings (SSSR count). The highest BCUT2D eigenvalue weighted by molar-refractivity contribution is 5.91. The molecule has 0 bridgehead atoms. The lowest BCUT2D eigenvalue weighted by Gasteiger charge is -2.09. The van der Waals surface area contributed by atoms with Crippen LogP contribution in [0.1, 0.15) is 12.0 Å². The van der Waals surface area contributed by atoms with E-state index in [1.165, 1.54) is 18.2 Å². The van der Waals surface area contributed by atoms with Crippen LogP contribution < -0.4 is 20.1 Å². The second-order valence-electron chi connectivity index (χ2n) is 5.37. The predicted octanol–water partition coefficient (Wildman–Crippen LogP) is 3.76. The van der Waals surface area contributed by atoms with Crippen molar-refractivity contribution in [1.29, 1.82) is 0 Å². The molecule has 2 aromatic rings. The molecule has 0 saturated heterocycles. The zero-order valence-corrected chi connectivity index (χ0v) is 12.9. The van der Waals surface area contributed by atoms with Gasteiger partial charge in [-0.1, -0.05) is 18.2 Å². The van der Waals surface area contributed by atoms with E-state index in [1.807, 2.05) is 31.2 Å². The molecule has 0 atom stereocenters. The Morgan fingerprint density at radius 2 is 1.88 bits per heavy atom. The molecule has 0 radical (unpaired) electrons. The van der Waals surface area contributed by atoms with E-state index >= 15 is 0 Å². The van der Waals surface area contributed by atoms with Gasteiger partial charge in [-0.15, -0.1) is 8.78 Å².